The van der Waals surface area contributed by atoms with Crippen molar-refractivity contribution >= 4 is 17.6 Å². The fourth-order valence-corrected chi connectivity index (χ4v) is 3.09. The zero-order chi connectivity index (χ0) is 17.2. The third kappa shape index (κ3) is 3.37. The molecule has 1 spiro atoms. The summed E-state index contributed by atoms with van der Waals surface area (Å²) in [6.45, 7) is 2.10. The smallest absolute Gasteiger partial charge is 0.319 e. The Kier molecular flexibility index (Phi) is 4.73. The van der Waals surface area contributed by atoms with Crippen molar-refractivity contribution in [3.63, 3.8) is 0 Å². The zero-order valence-corrected chi connectivity index (χ0v) is 14.1. The third-order valence-electron chi connectivity index (χ3n) is 4.32. The molecule has 2 aliphatic rings. The minimum Gasteiger partial charge on any atom is -0.376 e. The number of nitrogens with zero attached hydrogens (tertiary/aromatic N) is 3. The molecule has 7 heteroatoms. The summed E-state index contributed by atoms with van der Waals surface area (Å²) in [5.74, 6) is -0.0819. The Balaban J connectivity index is 1.83. The first kappa shape index (κ1) is 16.7. The van der Waals surface area contributed by atoms with Gasteiger partial charge in [-0.1, -0.05) is 18.2 Å². The largest absolute Gasteiger partial charge is 0.376 e. The Labute approximate surface area is 141 Å². The van der Waals surface area contributed by atoms with E-state index in [1.165, 1.54) is 0 Å². The van der Waals surface area contributed by atoms with Gasteiger partial charge in [-0.15, -0.1) is 0 Å². The van der Waals surface area contributed by atoms with Gasteiger partial charge in [-0.05, 0) is 12.1 Å². The fraction of sp³-hybridized carbons (Fsp3) is 0.529. The van der Waals surface area contributed by atoms with E-state index in [0.29, 0.717) is 32.8 Å². The number of carbonyl (C=O) groups excluding carboxylic acids is 2. The van der Waals surface area contributed by atoms with Crippen LogP contribution in [0, 0.1) is 0 Å². The molecule has 1 aromatic rings. The zero-order valence-electron chi connectivity index (χ0n) is 14.1. The highest BCUT2D eigenvalue weighted by atomic mass is 16.6. The van der Waals surface area contributed by atoms with E-state index >= 15 is 0 Å². The monoisotopic (exact) mass is 333 g/mol. The van der Waals surface area contributed by atoms with E-state index in [9.17, 15) is 9.59 Å². The summed E-state index contributed by atoms with van der Waals surface area (Å²) in [4.78, 5) is 29.6. The van der Waals surface area contributed by atoms with Crippen LogP contribution >= 0.6 is 0 Å². The number of morpholine rings is 1. The van der Waals surface area contributed by atoms with Crippen molar-refractivity contribution < 1.29 is 19.1 Å². The van der Waals surface area contributed by atoms with Gasteiger partial charge >= 0.3 is 6.03 Å². The second-order valence-corrected chi connectivity index (χ2v) is 6.44. The Morgan fingerprint density at radius 2 is 1.96 bits per heavy atom. The molecule has 2 fully saturated rings. The minimum absolute atomic E-state index is 0.0117. The summed E-state index contributed by atoms with van der Waals surface area (Å²) in [5, 5.41) is 0. The highest BCUT2D eigenvalue weighted by molar-refractivity contribution is 5.95. The molecule has 1 aromatic carbocycles. The van der Waals surface area contributed by atoms with Gasteiger partial charge in [0.1, 0.15) is 12.2 Å². The molecule has 1 atom stereocenters. The Bertz CT molecular complexity index is 607. The van der Waals surface area contributed by atoms with Crippen LogP contribution < -0.4 is 4.90 Å². The van der Waals surface area contributed by atoms with Gasteiger partial charge in [0.2, 0.25) is 0 Å². The summed E-state index contributed by atoms with van der Waals surface area (Å²) >= 11 is 0. The lowest BCUT2D eigenvalue weighted by molar-refractivity contribution is -0.145. The van der Waals surface area contributed by atoms with Gasteiger partial charge < -0.3 is 24.2 Å². The molecular weight excluding hydrogens is 310 g/mol. The quantitative estimate of drug-likeness (QED) is 0.763. The van der Waals surface area contributed by atoms with Gasteiger partial charge in [0.25, 0.3) is 5.91 Å². The lowest BCUT2D eigenvalue weighted by Crippen LogP contribution is -2.61. The number of ether oxygens (including phenoxy) is 2. The molecule has 3 amide bonds. The normalized spacial score (nSPS) is 24.8. The van der Waals surface area contributed by atoms with Crippen LogP contribution in [0.2, 0.25) is 0 Å². The highest BCUT2D eigenvalue weighted by Gasteiger charge is 2.44. The number of carbonyl (C=O) groups is 2. The van der Waals surface area contributed by atoms with E-state index in [-0.39, 0.29) is 18.5 Å². The van der Waals surface area contributed by atoms with Crippen molar-refractivity contribution in [2.24, 2.45) is 0 Å². The molecule has 7 nitrogen and oxygen atoms in total. The number of urea groups is 1. The molecule has 24 heavy (non-hydrogen) atoms. The summed E-state index contributed by atoms with van der Waals surface area (Å²) in [6, 6.07) is 9.43. The number of benzene rings is 1. The maximum atomic E-state index is 12.4. The van der Waals surface area contributed by atoms with Crippen LogP contribution in [0.1, 0.15) is 0 Å². The molecule has 3 rings (SSSR count). The van der Waals surface area contributed by atoms with Gasteiger partial charge in [-0.2, -0.15) is 0 Å². The second kappa shape index (κ2) is 6.78. The highest BCUT2D eigenvalue weighted by Crippen LogP contribution is 2.27. The molecule has 0 aliphatic carbocycles. The van der Waals surface area contributed by atoms with Crippen LogP contribution in [0.5, 0.6) is 0 Å². The van der Waals surface area contributed by atoms with Gasteiger partial charge in [0.15, 0.2) is 0 Å². The number of hydrogen-bond acceptors (Lipinski definition) is 4. The molecule has 0 bridgehead atoms. The number of para-hydroxylation sites is 1. The second-order valence-electron chi connectivity index (χ2n) is 6.44. The van der Waals surface area contributed by atoms with Crippen LogP contribution in [-0.2, 0) is 14.3 Å². The van der Waals surface area contributed by atoms with Gasteiger partial charge in [0, 0.05) is 26.3 Å². The maximum absolute atomic E-state index is 12.4. The summed E-state index contributed by atoms with van der Waals surface area (Å²) < 4.78 is 11.6. The lowest BCUT2D eigenvalue weighted by atomic mass is 10.0. The topological polar surface area (TPSA) is 62.3 Å². The molecule has 1 unspecified atom stereocenters. The van der Waals surface area contributed by atoms with Crippen molar-refractivity contribution in [2.75, 3.05) is 58.5 Å². The van der Waals surface area contributed by atoms with Crippen LogP contribution in [0.3, 0.4) is 0 Å². The first-order chi connectivity index (χ1) is 11.5. The minimum atomic E-state index is -0.702. The maximum Gasteiger partial charge on any atom is 0.319 e. The van der Waals surface area contributed by atoms with E-state index in [1.54, 1.807) is 28.8 Å². The molecule has 2 saturated heterocycles. The van der Waals surface area contributed by atoms with Crippen molar-refractivity contribution in [1.82, 2.24) is 9.80 Å². The Hall–Kier alpha value is -2.12. The number of anilines is 1. The molecule has 0 aromatic heterocycles. The average Bonchev–Trinajstić information content (AvgIpc) is 2.80. The molecular formula is C17H23N3O4. The van der Waals surface area contributed by atoms with Crippen molar-refractivity contribution in [3.05, 3.63) is 30.3 Å². The SMILES string of the molecule is CN(C)C(=O)N1CCOCC2(C1)CN(c1ccccc1)C(=O)CO2. The van der Waals surface area contributed by atoms with Crippen LogP contribution in [0.15, 0.2) is 30.3 Å². The van der Waals surface area contributed by atoms with Gasteiger partial charge in [-0.3, -0.25) is 4.79 Å². The molecule has 0 saturated carbocycles. The number of hydrogen-bond donors (Lipinski definition) is 0. The number of amides is 3. The van der Waals surface area contributed by atoms with Crippen LogP contribution in [0.25, 0.3) is 0 Å². The van der Waals surface area contributed by atoms with Gasteiger partial charge in [-0.25, -0.2) is 4.79 Å². The fourth-order valence-electron chi connectivity index (χ4n) is 3.09. The van der Waals surface area contributed by atoms with E-state index in [2.05, 4.69) is 0 Å². The molecule has 0 N–H and O–H groups in total. The van der Waals surface area contributed by atoms with Crippen LogP contribution in [0.4, 0.5) is 10.5 Å². The summed E-state index contributed by atoms with van der Waals surface area (Å²) in [5.41, 5.74) is 0.131. The lowest BCUT2D eigenvalue weighted by Gasteiger charge is -2.43. The van der Waals surface area contributed by atoms with E-state index in [1.807, 2.05) is 30.3 Å². The van der Waals surface area contributed by atoms with Crippen molar-refractivity contribution in [1.29, 1.82) is 0 Å². The van der Waals surface area contributed by atoms with E-state index < -0.39 is 5.60 Å². The third-order valence-corrected chi connectivity index (χ3v) is 4.32. The predicted octanol–water partition coefficient (Wildman–Crippen LogP) is 0.802. The summed E-state index contributed by atoms with van der Waals surface area (Å²) in [7, 11) is 3.45. The van der Waals surface area contributed by atoms with Crippen molar-refractivity contribution in [2.45, 2.75) is 5.60 Å². The van der Waals surface area contributed by atoms with E-state index in [0.717, 1.165) is 5.69 Å². The predicted molar refractivity (Wildman–Crippen MR) is 89.0 cm³/mol. The average molecular weight is 333 g/mol. The summed E-state index contributed by atoms with van der Waals surface area (Å²) in [6.07, 6.45) is 0. The Morgan fingerprint density at radius 3 is 2.67 bits per heavy atom. The Morgan fingerprint density at radius 1 is 1.21 bits per heavy atom. The molecule has 130 valence electrons. The molecule has 0 radical (unpaired) electrons. The van der Waals surface area contributed by atoms with Crippen LogP contribution in [-0.4, -0.2) is 80.9 Å². The van der Waals surface area contributed by atoms with Gasteiger partial charge in [0.05, 0.1) is 26.3 Å². The standard InChI is InChI=1S/C17H23N3O4/c1-18(2)16(22)19-8-9-23-13-17(11-19)12-20(15(21)10-24-17)14-6-4-3-5-7-14/h3-7H,8-13H2,1-2H3. The first-order valence-corrected chi connectivity index (χ1v) is 8.04. The first-order valence-electron chi connectivity index (χ1n) is 8.04. The number of rotatable bonds is 1. The van der Waals surface area contributed by atoms with E-state index in [4.69, 9.17) is 9.47 Å². The molecule has 2 heterocycles. The molecule has 2 aliphatic heterocycles. The van der Waals surface area contributed by atoms with Crippen molar-refractivity contribution in [3.8, 4) is 0 Å².